The SMILES string of the molecule is CN=C(/C=C(\C)N)C(C)(C)C. The van der Waals surface area contributed by atoms with Gasteiger partial charge in [-0.2, -0.15) is 0 Å². The first-order chi connectivity index (χ1) is 4.88. The largest absolute Gasteiger partial charge is 0.402 e. The van der Waals surface area contributed by atoms with Crippen LogP contribution in [0.15, 0.2) is 16.8 Å². The normalized spacial score (nSPS) is 15.4. The molecular weight excluding hydrogens is 136 g/mol. The molecule has 0 saturated carbocycles. The van der Waals surface area contributed by atoms with E-state index < -0.39 is 0 Å². The van der Waals surface area contributed by atoms with Crippen molar-refractivity contribution >= 4 is 5.71 Å². The van der Waals surface area contributed by atoms with Gasteiger partial charge in [0.2, 0.25) is 0 Å². The predicted octanol–water partition coefficient (Wildman–Crippen LogP) is 1.97. The molecule has 64 valence electrons. The Bertz CT molecular complexity index is 178. The van der Waals surface area contributed by atoms with Crippen LogP contribution in [-0.2, 0) is 0 Å². The molecule has 0 atom stereocenters. The lowest BCUT2D eigenvalue weighted by Crippen LogP contribution is -2.19. The molecule has 0 aliphatic rings. The molecule has 0 aromatic carbocycles. The van der Waals surface area contributed by atoms with Gasteiger partial charge < -0.3 is 5.73 Å². The first kappa shape index (κ1) is 10.2. The highest BCUT2D eigenvalue weighted by atomic mass is 14.7. The zero-order chi connectivity index (χ0) is 9.07. The summed E-state index contributed by atoms with van der Waals surface area (Å²) in [5, 5.41) is 0. The molecule has 0 aromatic rings. The molecule has 0 bridgehead atoms. The van der Waals surface area contributed by atoms with Crippen LogP contribution in [0.1, 0.15) is 27.7 Å². The third-order valence-electron chi connectivity index (χ3n) is 1.37. The van der Waals surface area contributed by atoms with Crippen LogP contribution in [0.25, 0.3) is 0 Å². The molecule has 0 amide bonds. The molecule has 11 heavy (non-hydrogen) atoms. The fourth-order valence-electron chi connectivity index (χ4n) is 0.832. The Balaban J connectivity index is 4.60. The maximum Gasteiger partial charge on any atom is 0.0415 e. The Kier molecular flexibility index (Phi) is 3.30. The van der Waals surface area contributed by atoms with Crippen LogP contribution in [0, 0.1) is 5.41 Å². The molecule has 0 rings (SSSR count). The number of hydrogen-bond acceptors (Lipinski definition) is 2. The van der Waals surface area contributed by atoms with Crippen molar-refractivity contribution in [3.63, 3.8) is 0 Å². The fourth-order valence-corrected chi connectivity index (χ4v) is 0.832. The first-order valence-electron chi connectivity index (χ1n) is 3.79. The van der Waals surface area contributed by atoms with Gasteiger partial charge in [0.05, 0.1) is 0 Å². The fraction of sp³-hybridized carbons (Fsp3) is 0.667. The molecule has 0 fully saturated rings. The molecule has 0 spiro atoms. The minimum absolute atomic E-state index is 0.0926. The summed E-state index contributed by atoms with van der Waals surface area (Å²) in [4.78, 5) is 4.16. The first-order valence-corrected chi connectivity index (χ1v) is 3.79. The van der Waals surface area contributed by atoms with Crippen LogP contribution < -0.4 is 5.73 Å². The second-order valence-electron chi connectivity index (χ2n) is 3.75. The van der Waals surface area contributed by atoms with E-state index >= 15 is 0 Å². The number of nitrogens with two attached hydrogens (primary N) is 1. The van der Waals surface area contributed by atoms with E-state index in [-0.39, 0.29) is 5.41 Å². The van der Waals surface area contributed by atoms with Crippen LogP contribution in [0.5, 0.6) is 0 Å². The Hall–Kier alpha value is -0.790. The van der Waals surface area contributed by atoms with Crippen molar-refractivity contribution in [2.24, 2.45) is 16.1 Å². The summed E-state index contributed by atoms with van der Waals surface area (Å²) in [7, 11) is 1.79. The quantitative estimate of drug-likeness (QED) is 0.576. The van der Waals surface area contributed by atoms with E-state index in [1.807, 2.05) is 13.0 Å². The van der Waals surface area contributed by atoms with Crippen LogP contribution >= 0.6 is 0 Å². The van der Waals surface area contributed by atoms with Crippen molar-refractivity contribution in [3.05, 3.63) is 11.8 Å². The van der Waals surface area contributed by atoms with Gasteiger partial charge in [0, 0.05) is 23.9 Å². The molecule has 0 saturated heterocycles. The highest BCUT2D eigenvalue weighted by Gasteiger charge is 2.15. The van der Waals surface area contributed by atoms with Gasteiger partial charge in [0.15, 0.2) is 0 Å². The molecule has 0 heterocycles. The highest BCUT2D eigenvalue weighted by Crippen LogP contribution is 2.17. The third-order valence-corrected chi connectivity index (χ3v) is 1.37. The maximum atomic E-state index is 5.55. The van der Waals surface area contributed by atoms with Crippen molar-refractivity contribution in [1.82, 2.24) is 0 Å². The Morgan fingerprint density at radius 1 is 1.36 bits per heavy atom. The molecule has 0 aliphatic heterocycles. The van der Waals surface area contributed by atoms with Gasteiger partial charge >= 0.3 is 0 Å². The topological polar surface area (TPSA) is 38.4 Å². The van der Waals surface area contributed by atoms with E-state index in [0.29, 0.717) is 0 Å². The molecule has 0 radical (unpaired) electrons. The molecule has 0 aromatic heterocycles. The van der Waals surface area contributed by atoms with Crippen molar-refractivity contribution in [2.45, 2.75) is 27.7 Å². The summed E-state index contributed by atoms with van der Waals surface area (Å²) in [5.41, 5.74) is 7.48. The van der Waals surface area contributed by atoms with E-state index in [1.54, 1.807) is 7.05 Å². The van der Waals surface area contributed by atoms with Gasteiger partial charge in [-0.3, -0.25) is 4.99 Å². The van der Waals surface area contributed by atoms with Gasteiger partial charge in [-0.05, 0) is 13.0 Å². The van der Waals surface area contributed by atoms with Crippen molar-refractivity contribution < 1.29 is 0 Å². The van der Waals surface area contributed by atoms with Crippen LogP contribution in [0.2, 0.25) is 0 Å². The summed E-state index contributed by atoms with van der Waals surface area (Å²) < 4.78 is 0. The lowest BCUT2D eigenvalue weighted by atomic mass is 9.89. The number of rotatable bonds is 1. The summed E-state index contributed by atoms with van der Waals surface area (Å²) in [6.07, 6.45) is 1.92. The van der Waals surface area contributed by atoms with Gasteiger partial charge in [0.1, 0.15) is 0 Å². The standard InChI is InChI=1S/C9H18N2/c1-7(10)6-8(11-5)9(2,3)4/h6H,10H2,1-5H3/b7-6+,11-8?. The van der Waals surface area contributed by atoms with E-state index in [0.717, 1.165) is 11.4 Å². The Labute approximate surface area is 69.2 Å². The lowest BCUT2D eigenvalue weighted by molar-refractivity contribution is 0.593. The molecule has 0 aliphatic carbocycles. The third kappa shape index (κ3) is 3.81. The summed E-state index contributed by atoms with van der Waals surface area (Å²) in [6, 6.07) is 0. The second-order valence-corrected chi connectivity index (χ2v) is 3.75. The Morgan fingerprint density at radius 2 is 1.82 bits per heavy atom. The molecule has 2 nitrogen and oxygen atoms in total. The monoisotopic (exact) mass is 154 g/mol. The molecule has 2 N–H and O–H groups in total. The zero-order valence-electron chi connectivity index (χ0n) is 8.10. The molecule has 0 unspecified atom stereocenters. The number of hydrogen-bond donors (Lipinski definition) is 1. The van der Waals surface area contributed by atoms with E-state index in [9.17, 15) is 0 Å². The summed E-state index contributed by atoms with van der Waals surface area (Å²) >= 11 is 0. The van der Waals surface area contributed by atoms with Crippen molar-refractivity contribution in [2.75, 3.05) is 7.05 Å². The average molecular weight is 154 g/mol. The number of nitrogens with zero attached hydrogens (tertiary/aromatic N) is 1. The smallest absolute Gasteiger partial charge is 0.0415 e. The minimum atomic E-state index is 0.0926. The Morgan fingerprint density at radius 3 is 1.91 bits per heavy atom. The predicted molar refractivity (Wildman–Crippen MR) is 50.8 cm³/mol. The average Bonchev–Trinajstić information content (AvgIpc) is 1.79. The molecular formula is C9H18N2. The highest BCUT2D eigenvalue weighted by molar-refractivity contribution is 5.99. The van der Waals surface area contributed by atoms with Crippen molar-refractivity contribution in [1.29, 1.82) is 0 Å². The van der Waals surface area contributed by atoms with Crippen LogP contribution in [-0.4, -0.2) is 12.8 Å². The van der Waals surface area contributed by atoms with Crippen molar-refractivity contribution in [3.8, 4) is 0 Å². The second kappa shape index (κ2) is 3.56. The van der Waals surface area contributed by atoms with Crippen LogP contribution in [0.4, 0.5) is 0 Å². The lowest BCUT2D eigenvalue weighted by Gasteiger charge is -2.18. The van der Waals surface area contributed by atoms with E-state index in [2.05, 4.69) is 25.8 Å². The van der Waals surface area contributed by atoms with E-state index in [1.165, 1.54) is 0 Å². The number of aliphatic imine (C=N–C) groups is 1. The number of allylic oxidation sites excluding steroid dienone is 2. The van der Waals surface area contributed by atoms with Gasteiger partial charge in [-0.25, -0.2) is 0 Å². The minimum Gasteiger partial charge on any atom is -0.402 e. The molecule has 2 heteroatoms. The van der Waals surface area contributed by atoms with E-state index in [4.69, 9.17) is 5.73 Å². The summed E-state index contributed by atoms with van der Waals surface area (Å²) in [5.74, 6) is 0. The summed E-state index contributed by atoms with van der Waals surface area (Å²) in [6.45, 7) is 8.23. The van der Waals surface area contributed by atoms with Gasteiger partial charge in [0.25, 0.3) is 0 Å². The van der Waals surface area contributed by atoms with Gasteiger partial charge in [-0.15, -0.1) is 0 Å². The van der Waals surface area contributed by atoms with Crippen LogP contribution in [0.3, 0.4) is 0 Å². The zero-order valence-corrected chi connectivity index (χ0v) is 8.10. The maximum absolute atomic E-state index is 5.55. The van der Waals surface area contributed by atoms with Gasteiger partial charge in [-0.1, -0.05) is 20.8 Å².